The summed E-state index contributed by atoms with van der Waals surface area (Å²) < 4.78 is 31.5. The maximum Gasteiger partial charge on any atom is 0.243 e. The Bertz CT molecular complexity index is 430. The van der Waals surface area contributed by atoms with Crippen LogP contribution in [0.5, 0.6) is 0 Å². The smallest absolute Gasteiger partial charge is 0.243 e. The molecule has 9 nitrogen and oxygen atoms in total. The maximum absolute atomic E-state index is 11.6. The van der Waals surface area contributed by atoms with Gasteiger partial charge in [0.25, 0.3) is 0 Å². The number of nitrogens with one attached hydrogen (secondary N) is 2. The molecular formula is C9H18N4O5S. The van der Waals surface area contributed by atoms with Gasteiger partial charge in [0.15, 0.2) is 0 Å². The lowest BCUT2D eigenvalue weighted by Gasteiger charge is -2.32. The highest BCUT2D eigenvalue weighted by Gasteiger charge is 2.24. The van der Waals surface area contributed by atoms with E-state index >= 15 is 0 Å². The predicted octanol–water partition coefficient (Wildman–Crippen LogP) is -4.36. The van der Waals surface area contributed by atoms with Crippen LogP contribution < -0.4 is 16.2 Å². The Kier molecular flexibility index (Phi) is 5.66. The summed E-state index contributed by atoms with van der Waals surface area (Å²) in [6.45, 7) is 2.24. The minimum Gasteiger partial charge on any atom is -0.748 e. The molecule has 0 radical (unpaired) electrons. The van der Waals surface area contributed by atoms with Crippen molar-refractivity contribution < 1.29 is 27.5 Å². The second kappa shape index (κ2) is 6.80. The van der Waals surface area contributed by atoms with E-state index in [1.54, 1.807) is 0 Å². The third-order valence-corrected chi connectivity index (χ3v) is 3.71. The van der Waals surface area contributed by atoms with Crippen molar-refractivity contribution >= 4 is 21.9 Å². The van der Waals surface area contributed by atoms with Gasteiger partial charge in [-0.3, -0.25) is 15.0 Å². The van der Waals surface area contributed by atoms with Crippen LogP contribution >= 0.6 is 0 Å². The first-order chi connectivity index (χ1) is 8.81. The van der Waals surface area contributed by atoms with Crippen LogP contribution in [0.25, 0.3) is 0 Å². The molecule has 0 atom stereocenters. The molecule has 1 aliphatic heterocycles. The number of rotatable bonds is 5. The fourth-order valence-electron chi connectivity index (χ4n) is 1.89. The minimum atomic E-state index is -4.19. The highest BCUT2D eigenvalue weighted by Crippen LogP contribution is 1.95. The number of hydrazine groups is 1. The fourth-order valence-corrected chi connectivity index (χ4v) is 2.43. The summed E-state index contributed by atoms with van der Waals surface area (Å²) >= 11 is 0. The molecule has 1 heterocycles. The van der Waals surface area contributed by atoms with E-state index in [2.05, 4.69) is 0 Å². The van der Waals surface area contributed by atoms with Gasteiger partial charge in [-0.2, -0.15) is 0 Å². The van der Waals surface area contributed by atoms with Gasteiger partial charge in [0.2, 0.25) is 11.8 Å². The summed E-state index contributed by atoms with van der Waals surface area (Å²) in [5, 5.41) is 0. The molecule has 19 heavy (non-hydrogen) atoms. The second-order valence-corrected chi connectivity index (χ2v) is 5.91. The standard InChI is InChI=1S/C9H18N4O5S/c10-11-8(14)7-9(15)13-3-1-12(2-4-13)5-6-19(16,17)18/h1-7,10H2,(H,11,14)(H,16,17,18). The SMILES string of the molecule is NNC(=O)CC(=O)N1CC[NH+](CCS(=O)(=O)[O-])CC1. The Hall–Kier alpha value is -1.23. The van der Waals surface area contributed by atoms with E-state index in [-0.39, 0.29) is 18.9 Å². The summed E-state index contributed by atoms with van der Waals surface area (Å²) in [6, 6.07) is 0. The van der Waals surface area contributed by atoms with Crippen molar-refractivity contribution in [1.29, 1.82) is 0 Å². The molecule has 0 aliphatic carbocycles. The molecule has 0 bridgehead atoms. The van der Waals surface area contributed by atoms with Crippen molar-refractivity contribution in [3.63, 3.8) is 0 Å². The van der Waals surface area contributed by atoms with Crippen molar-refractivity contribution in [3.8, 4) is 0 Å². The topological polar surface area (TPSA) is 137 Å². The molecule has 1 saturated heterocycles. The van der Waals surface area contributed by atoms with Crippen LogP contribution in [0.15, 0.2) is 0 Å². The molecule has 0 aromatic rings. The van der Waals surface area contributed by atoms with Gasteiger partial charge < -0.3 is 14.4 Å². The lowest BCUT2D eigenvalue weighted by atomic mass is 10.2. The molecule has 1 fully saturated rings. The van der Waals surface area contributed by atoms with Gasteiger partial charge in [-0.1, -0.05) is 0 Å². The zero-order chi connectivity index (χ0) is 14.5. The van der Waals surface area contributed by atoms with Crippen LogP contribution in [0.1, 0.15) is 6.42 Å². The van der Waals surface area contributed by atoms with E-state index in [1.807, 2.05) is 5.43 Å². The Balaban J connectivity index is 2.32. The lowest BCUT2D eigenvalue weighted by Crippen LogP contribution is -3.15. The molecule has 0 spiro atoms. The summed E-state index contributed by atoms with van der Waals surface area (Å²) in [5.41, 5.74) is 1.89. The first-order valence-electron chi connectivity index (χ1n) is 5.86. The average Bonchev–Trinajstić information content (AvgIpc) is 2.36. The van der Waals surface area contributed by atoms with Crippen LogP contribution in [0, 0.1) is 0 Å². The number of hydrogen-bond donors (Lipinski definition) is 3. The third kappa shape index (κ3) is 5.96. The van der Waals surface area contributed by atoms with Crippen molar-refractivity contribution in [2.75, 3.05) is 38.5 Å². The minimum absolute atomic E-state index is 0.247. The normalized spacial score (nSPS) is 17.3. The predicted molar refractivity (Wildman–Crippen MR) is 63.7 cm³/mol. The fraction of sp³-hybridized carbons (Fsp3) is 0.778. The molecule has 0 aromatic carbocycles. The van der Waals surface area contributed by atoms with Gasteiger partial charge in [-0.15, -0.1) is 0 Å². The zero-order valence-corrected chi connectivity index (χ0v) is 11.2. The number of hydrogen-bond acceptors (Lipinski definition) is 6. The number of nitrogens with zero attached hydrogens (tertiary/aromatic N) is 1. The average molecular weight is 294 g/mol. The number of quaternary nitrogens is 1. The maximum atomic E-state index is 11.6. The van der Waals surface area contributed by atoms with E-state index in [4.69, 9.17) is 5.84 Å². The first kappa shape index (κ1) is 15.8. The van der Waals surface area contributed by atoms with Crippen molar-refractivity contribution in [3.05, 3.63) is 0 Å². The quantitative estimate of drug-likeness (QED) is 0.154. The molecule has 1 rings (SSSR count). The van der Waals surface area contributed by atoms with Crippen molar-refractivity contribution in [2.24, 2.45) is 5.84 Å². The summed E-state index contributed by atoms with van der Waals surface area (Å²) in [5.74, 6) is 3.64. The van der Waals surface area contributed by atoms with E-state index in [9.17, 15) is 22.6 Å². The monoisotopic (exact) mass is 294 g/mol. The molecule has 10 heteroatoms. The van der Waals surface area contributed by atoms with Crippen molar-refractivity contribution in [1.82, 2.24) is 10.3 Å². The number of carbonyl (C=O) groups is 2. The Morgan fingerprint density at radius 1 is 1.32 bits per heavy atom. The molecule has 1 aliphatic rings. The van der Waals surface area contributed by atoms with Crippen LogP contribution in [0.3, 0.4) is 0 Å². The molecule has 0 unspecified atom stereocenters. The van der Waals surface area contributed by atoms with E-state index in [0.717, 1.165) is 4.90 Å². The largest absolute Gasteiger partial charge is 0.748 e. The molecule has 0 aromatic heterocycles. The molecule has 4 N–H and O–H groups in total. The van der Waals surface area contributed by atoms with Crippen LogP contribution in [0.4, 0.5) is 0 Å². The Morgan fingerprint density at radius 2 is 1.89 bits per heavy atom. The number of carbonyl (C=O) groups excluding carboxylic acids is 2. The first-order valence-corrected chi connectivity index (χ1v) is 7.44. The summed E-state index contributed by atoms with van der Waals surface area (Å²) in [4.78, 5) is 25.1. The summed E-state index contributed by atoms with van der Waals surface area (Å²) in [7, 11) is -4.19. The van der Waals surface area contributed by atoms with Gasteiger partial charge in [0, 0.05) is 0 Å². The Labute approximate surface area is 111 Å². The van der Waals surface area contributed by atoms with Gasteiger partial charge >= 0.3 is 0 Å². The Morgan fingerprint density at radius 3 is 2.37 bits per heavy atom. The van der Waals surface area contributed by atoms with Crippen LogP contribution in [0.2, 0.25) is 0 Å². The van der Waals surface area contributed by atoms with Gasteiger partial charge in [-0.25, -0.2) is 14.3 Å². The number of amides is 2. The number of piperazine rings is 1. The van der Waals surface area contributed by atoms with Crippen LogP contribution in [-0.4, -0.2) is 68.2 Å². The van der Waals surface area contributed by atoms with E-state index < -0.39 is 21.8 Å². The van der Waals surface area contributed by atoms with Crippen LogP contribution in [-0.2, 0) is 19.7 Å². The summed E-state index contributed by atoms with van der Waals surface area (Å²) in [6.07, 6.45) is -0.291. The molecule has 2 amide bonds. The third-order valence-electron chi connectivity index (χ3n) is 3.00. The molecule has 0 saturated carbocycles. The van der Waals surface area contributed by atoms with Gasteiger partial charge in [-0.05, 0) is 0 Å². The zero-order valence-electron chi connectivity index (χ0n) is 10.4. The highest BCUT2D eigenvalue weighted by atomic mass is 32.2. The molecular weight excluding hydrogens is 276 g/mol. The van der Waals surface area contributed by atoms with E-state index in [0.29, 0.717) is 26.2 Å². The van der Waals surface area contributed by atoms with E-state index in [1.165, 1.54) is 4.90 Å². The molecule has 110 valence electrons. The van der Waals surface area contributed by atoms with Crippen molar-refractivity contribution in [2.45, 2.75) is 6.42 Å². The van der Waals surface area contributed by atoms with Gasteiger partial charge in [0.1, 0.15) is 16.5 Å². The number of nitrogens with two attached hydrogens (primary N) is 1. The van der Waals surface area contributed by atoms with Gasteiger partial charge in [0.05, 0.1) is 38.5 Å². The highest BCUT2D eigenvalue weighted by molar-refractivity contribution is 7.85. The second-order valence-electron chi connectivity index (χ2n) is 4.39. The lowest BCUT2D eigenvalue weighted by molar-refractivity contribution is -0.901.